The smallest absolute Gasteiger partial charge is 0.325 e. The molecule has 4 aromatic rings. The topological polar surface area (TPSA) is 268 Å². The van der Waals surface area contributed by atoms with Crippen LogP contribution in [0.15, 0.2) is 23.8 Å². The van der Waals surface area contributed by atoms with Gasteiger partial charge in [0, 0.05) is 0 Å². The van der Waals surface area contributed by atoms with Gasteiger partial charge in [0.1, 0.15) is 47.2 Å². The lowest BCUT2D eigenvalue weighted by Gasteiger charge is -2.30. The molecule has 7 rings (SSSR count). The van der Waals surface area contributed by atoms with Crippen molar-refractivity contribution in [2.24, 2.45) is 0 Å². The van der Waals surface area contributed by atoms with E-state index in [1.165, 1.54) is 28.1 Å². The Bertz CT molecular complexity index is 1830. The predicted octanol–water partition coefficient (Wildman–Crippen LogP) is -1.94. The summed E-state index contributed by atoms with van der Waals surface area (Å²) < 4.78 is 34.6. The van der Waals surface area contributed by atoms with Gasteiger partial charge in [-0.2, -0.15) is 4.98 Å². The zero-order valence-electron chi connectivity index (χ0n) is 20.9. The van der Waals surface area contributed by atoms with Crippen LogP contribution in [0.2, 0.25) is 0 Å². The molecule has 4 aromatic heterocycles. The first-order valence-electron chi connectivity index (χ1n) is 12.2. The summed E-state index contributed by atoms with van der Waals surface area (Å²) in [7, 11) is 0. The first-order valence-corrected chi connectivity index (χ1v) is 15.8. The molecule has 42 heavy (non-hydrogen) atoms. The molecule has 0 aromatic carbocycles. The standard InChI is InChI=1S/C20H22FN10O8PS2/c21-6-9(32)5(38-17(6)30-3-26-7-13(22)24-2-25-14(7)30)1-37-40(36,41)39-11-18(42-12-10(33)20(11,12)35)31-4-27-8-15(31)28-19(23)29-16(8)34/h2-6,9-12,17-18,32-33,35H,1H2,(H,36,41)(H2,22,24,25)(H3,23,28,29,34)/t5-,6+,9-,10?,11+,12-,17-,18-,20+,40?/m1/s1. The van der Waals surface area contributed by atoms with Crippen molar-refractivity contribution in [3.05, 3.63) is 29.3 Å². The third-order valence-corrected chi connectivity index (χ3v) is 10.7. The van der Waals surface area contributed by atoms with Crippen molar-refractivity contribution in [1.82, 2.24) is 39.0 Å². The Hall–Kier alpha value is -2.85. The highest BCUT2D eigenvalue weighted by molar-refractivity contribution is 8.07. The molecule has 2 saturated heterocycles. The van der Waals surface area contributed by atoms with Gasteiger partial charge < -0.3 is 40.9 Å². The molecule has 3 fully saturated rings. The average molecular weight is 645 g/mol. The fourth-order valence-electron chi connectivity index (χ4n) is 5.25. The van der Waals surface area contributed by atoms with Gasteiger partial charge >= 0.3 is 6.72 Å². The Morgan fingerprint density at radius 3 is 2.71 bits per heavy atom. The molecular formula is C20H22FN10O8PS2. The van der Waals surface area contributed by atoms with Crippen molar-refractivity contribution in [3.63, 3.8) is 0 Å². The zero-order chi connectivity index (χ0) is 29.7. The van der Waals surface area contributed by atoms with Gasteiger partial charge in [-0.05, 0) is 11.8 Å². The number of nitrogens with two attached hydrogens (primary N) is 2. The van der Waals surface area contributed by atoms with E-state index in [1.807, 2.05) is 0 Å². The van der Waals surface area contributed by atoms with E-state index >= 15 is 4.39 Å². The quantitative estimate of drug-likeness (QED) is 0.108. The molecule has 18 nitrogen and oxygen atoms in total. The largest absolute Gasteiger partial charge is 0.389 e. The highest BCUT2D eigenvalue weighted by Crippen LogP contribution is 2.66. The summed E-state index contributed by atoms with van der Waals surface area (Å²) in [5.74, 6) is -0.0954. The number of halogens is 1. The van der Waals surface area contributed by atoms with Gasteiger partial charge in [-0.1, -0.05) is 0 Å². The van der Waals surface area contributed by atoms with Crippen LogP contribution in [0.25, 0.3) is 22.3 Å². The number of imidazole rings is 2. The van der Waals surface area contributed by atoms with Gasteiger partial charge in [0.05, 0.1) is 24.5 Å². The fourth-order valence-corrected chi connectivity index (χ4v) is 8.54. The minimum absolute atomic E-state index is 0.0288. The Labute approximate surface area is 242 Å². The number of hydrogen-bond acceptors (Lipinski definition) is 16. The first kappa shape index (κ1) is 28.0. The minimum Gasteiger partial charge on any atom is -0.389 e. The molecule has 6 heterocycles. The number of aromatic amines is 1. The number of alkyl halides is 1. The van der Waals surface area contributed by atoms with Crippen LogP contribution in [-0.4, -0.2) is 107 Å². The lowest BCUT2D eigenvalue weighted by Crippen LogP contribution is -2.38. The third-order valence-electron chi connectivity index (χ3n) is 7.44. The molecule has 1 aliphatic carbocycles. The number of aromatic nitrogens is 8. The number of ether oxygens (including phenoxy) is 1. The normalized spacial score (nSPS) is 35.5. The van der Waals surface area contributed by atoms with Gasteiger partial charge in [0.15, 0.2) is 35.0 Å². The van der Waals surface area contributed by atoms with Crippen molar-refractivity contribution in [3.8, 4) is 0 Å². The summed E-state index contributed by atoms with van der Waals surface area (Å²) in [6.07, 6.45) is -5.15. The van der Waals surface area contributed by atoms with Crippen LogP contribution in [0.5, 0.6) is 0 Å². The van der Waals surface area contributed by atoms with E-state index in [-0.39, 0.29) is 34.1 Å². The average Bonchev–Trinajstić information content (AvgIpc) is 3.47. The van der Waals surface area contributed by atoms with Crippen LogP contribution in [0.3, 0.4) is 0 Å². The summed E-state index contributed by atoms with van der Waals surface area (Å²) in [6.45, 7) is -4.82. The minimum atomic E-state index is -4.23. The molecule has 3 aliphatic rings. The lowest BCUT2D eigenvalue weighted by atomic mass is 10.1. The first-order chi connectivity index (χ1) is 19.9. The summed E-state index contributed by atoms with van der Waals surface area (Å²) in [5, 5.41) is 30.4. The Balaban J connectivity index is 1.09. The number of nitrogens with one attached hydrogen (secondary N) is 1. The molecule has 10 atom stereocenters. The molecule has 0 spiro atoms. The molecule has 0 radical (unpaired) electrons. The van der Waals surface area contributed by atoms with Gasteiger partial charge in [0.25, 0.3) is 5.56 Å². The summed E-state index contributed by atoms with van der Waals surface area (Å²) in [6, 6.07) is 0. The van der Waals surface area contributed by atoms with Crippen LogP contribution in [0, 0.1) is 0 Å². The predicted molar refractivity (Wildman–Crippen MR) is 146 cm³/mol. The molecule has 2 aliphatic heterocycles. The number of hydrogen-bond donors (Lipinski definition) is 7. The number of aliphatic hydroxyl groups is 3. The third kappa shape index (κ3) is 4.15. The Morgan fingerprint density at radius 1 is 1.19 bits per heavy atom. The van der Waals surface area contributed by atoms with Gasteiger partial charge in [-0.15, -0.1) is 11.8 Å². The monoisotopic (exact) mass is 644 g/mol. The second-order valence-electron chi connectivity index (χ2n) is 9.93. The van der Waals surface area contributed by atoms with E-state index in [9.17, 15) is 25.0 Å². The van der Waals surface area contributed by atoms with Gasteiger partial charge in [-0.25, -0.2) is 24.3 Å². The Morgan fingerprint density at radius 2 is 1.93 bits per heavy atom. The van der Waals surface area contributed by atoms with Crippen molar-refractivity contribution in [2.45, 2.75) is 53.0 Å². The second-order valence-corrected chi connectivity index (χ2v) is 14.0. The number of nitrogen functional groups attached to an aromatic ring is 2. The van der Waals surface area contributed by atoms with Gasteiger partial charge in [-0.3, -0.25) is 23.4 Å². The van der Waals surface area contributed by atoms with E-state index in [1.54, 1.807) is 0 Å². The fraction of sp³-hybridized carbons (Fsp3) is 0.500. The van der Waals surface area contributed by atoms with Crippen LogP contribution in [0.1, 0.15) is 11.6 Å². The molecule has 0 bridgehead atoms. The van der Waals surface area contributed by atoms with Crippen molar-refractivity contribution in [1.29, 1.82) is 0 Å². The van der Waals surface area contributed by atoms with Crippen LogP contribution >= 0.6 is 18.5 Å². The maximum atomic E-state index is 15.1. The maximum Gasteiger partial charge on any atom is 0.325 e. The highest BCUT2D eigenvalue weighted by Gasteiger charge is 2.77. The molecular weight excluding hydrogens is 622 g/mol. The number of rotatable bonds is 7. The second kappa shape index (κ2) is 9.58. The van der Waals surface area contributed by atoms with E-state index < -0.39 is 71.9 Å². The SMILES string of the molecule is Nc1nc2c(ncn2[C@@H]2S[C@@H]3C(O)[C@]3(O)[C@H]2OP(O)(=S)OC[C@H]2O[C@@H](n3cnc4c(N)ncnc43)[C@@H](F)[C@@H]2O)c(=O)[nH]1. The van der Waals surface area contributed by atoms with Crippen molar-refractivity contribution >= 4 is 64.4 Å². The maximum absolute atomic E-state index is 15.1. The number of nitrogens with zero attached hydrogens (tertiary/aromatic N) is 7. The van der Waals surface area contributed by atoms with Crippen LogP contribution in [-0.2, 0) is 25.6 Å². The zero-order valence-corrected chi connectivity index (χ0v) is 23.4. The summed E-state index contributed by atoms with van der Waals surface area (Å²) >= 11 is 6.27. The van der Waals surface area contributed by atoms with E-state index in [2.05, 4.69) is 29.9 Å². The van der Waals surface area contributed by atoms with E-state index in [0.717, 1.165) is 11.8 Å². The number of fused-ring (bicyclic) bond motifs is 3. The van der Waals surface area contributed by atoms with E-state index in [4.69, 9.17) is 37.1 Å². The number of anilines is 2. The van der Waals surface area contributed by atoms with Crippen LogP contribution < -0.4 is 17.0 Å². The summed E-state index contributed by atoms with van der Waals surface area (Å²) in [4.78, 5) is 45.6. The molecule has 9 N–H and O–H groups in total. The molecule has 2 unspecified atom stereocenters. The van der Waals surface area contributed by atoms with E-state index in [0.29, 0.717) is 0 Å². The van der Waals surface area contributed by atoms with Crippen LogP contribution in [0.4, 0.5) is 16.2 Å². The molecule has 22 heteroatoms. The van der Waals surface area contributed by atoms with Gasteiger partial charge in [0.2, 0.25) is 5.95 Å². The number of thioether (sulfide) groups is 1. The molecule has 0 amide bonds. The number of H-pyrrole nitrogens is 1. The number of aliphatic hydroxyl groups excluding tert-OH is 2. The van der Waals surface area contributed by atoms with Crippen molar-refractivity contribution < 1.29 is 38.4 Å². The van der Waals surface area contributed by atoms with Crippen molar-refractivity contribution in [2.75, 3.05) is 18.1 Å². The summed E-state index contributed by atoms with van der Waals surface area (Å²) in [5.41, 5.74) is 9.52. The highest BCUT2D eigenvalue weighted by atomic mass is 32.5. The Kier molecular flexibility index (Phi) is 6.37. The molecule has 224 valence electrons. The lowest BCUT2D eigenvalue weighted by molar-refractivity contribution is -0.0532. The molecule has 1 saturated carbocycles.